The Balaban J connectivity index is 2.83. The summed E-state index contributed by atoms with van der Waals surface area (Å²) < 4.78 is 0. The minimum absolute atomic E-state index is 0.174. The highest BCUT2D eigenvalue weighted by Crippen LogP contribution is 2.18. The van der Waals surface area contributed by atoms with Crippen LogP contribution in [0.1, 0.15) is 42.5 Å². The fourth-order valence-electron chi connectivity index (χ4n) is 2.08. The lowest BCUT2D eigenvalue weighted by Crippen LogP contribution is -2.44. The zero-order chi connectivity index (χ0) is 13.1. The van der Waals surface area contributed by atoms with Crippen molar-refractivity contribution in [3.05, 3.63) is 34.4 Å². The molecule has 0 aliphatic rings. The highest BCUT2D eigenvalue weighted by molar-refractivity contribution is 5.37. The Bertz CT molecular complexity index is 358. The predicted molar refractivity (Wildman–Crippen MR) is 73.3 cm³/mol. The zero-order valence-corrected chi connectivity index (χ0v) is 11.7. The van der Waals surface area contributed by atoms with Crippen molar-refractivity contribution in [2.75, 3.05) is 6.61 Å². The molecule has 1 aromatic rings. The molecule has 96 valence electrons. The summed E-state index contributed by atoms with van der Waals surface area (Å²) in [5, 5.41) is 12.8. The van der Waals surface area contributed by atoms with Crippen LogP contribution < -0.4 is 5.32 Å². The molecule has 2 N–H and O–H groups in total. The number of rotatable bonds is 5. The first-order valence-electron chi connectivity index (χ1n) is 6.34. The van der Waals surface area contributed by atoms with Crippen LogP contribution >= 0.6 is 0 Å². The van der Waals surface area contributed by atoms with E-state index in [9.17, 15) is 5.11 Å². The van der Waals surface area contributed by atoms with Crippen molar-refractivity contribution in [1.82, 2.24) is 5.32 Å². The number of aliphatic hydroxyl groups is 1. The van der Waals surface area contributed by atoms with E-state index in [4.69, 9.17) is 0 Å². The largest absolute Gasteiger partial charge is 0.394 e. The number of aryl methyl sites for hydroxylation is 3. The van der Waals surface area contributed by atoms with E-state index in [0.717, 1.165) is 13.0 Å². The van der Waals surface area contributed by atoms with Crippen LogP contribution in [0.4, 0.5) is 0 Å². The first-order valence-corrected chi connectivity index (χ1v) is 6.34. The zero-order valence-electron chi connectivity index (χ0n) is 11.7. The van der Waals surface area contributed by atoms with E-state index in [1.54, 1.807) is 0 Å². The van der Waals surface area contributed by atoms with Crippen molar-refractivity contribution in [3.8, 4) is 0 Å². The van der Waals surface area contributed by atoms with E-state index in [1.165, 1.54) is 22.3 Å². The number of benzene rings is 1. The lowest BCUT2D eigenvalue weighted by atomic mass is 9.96. The molecule has 1 aromatic carbocycles. The third-order valence-electron chi connectivity index (χ3n) is 3.66. The molecule has 0 heterocycles. The minimum Gasteiger partial charge on any atom is -0.394 e. The maximum Gasteiger partial charge on any atom is 0.0610 e. The summed E-state index contributed by atoms with van der Waals surface area (Å²) in [5.41, 5.74) is 5.13. The maximum absolute atomic E-state index is 9.38. The van der Waals surface area contributed by atoms with Crippen molar-refractivity contribution in [1.29, 1.82) is 0 Å². The SMILES string of the molecule is CCC(C)(CO)NCc1c(C)cc(C)cc1C. The fraction of sp³-hybridized carbons (Fsp3) is 0.600. The van der Waals surface area contributed by atoms with Crippen molar-refractivity contribution < 1.29 is 5.11 Å². The van der Waals surface area contributed by atoms with Crippen LogP contribution in [-0.4, -0.2) is 17.3 Å². The van der Waals surface area contributed by atoms with Gasteiger partial charge in [0.15, 0.2) is 0 Å². The summed E-state index contributed by atoms with van der Waals surface area (Å²) in [6.07, 6.45) is 0.924. The van der Waals surface area contributed by atoms with Crippen LogP contribution in [0, 0.1) is 20.8 Å². The quantitative estimate of drug-likeness (QED) is 0.822. The summed E-state index contributed by atoms with van der Waals surface area (Å²) in [5.74, 6) is 0. The Morgan fingerprint density at radius 1 is 1.18 bits per heavy atom. The molecular weight excluding hydrogens is 210 g/mol. The van der Waals surface area contributed by atoms with Gasteiger partial charge >= 0.3 is 0 Å². The summed E-state index contributed by atoms with van der Waals surface area (Å²) in [6.45, 7) is 11.6. The van der Waals surface area contributed by atoms with Gasteiger partial charge in [-0.2, -0.15) is 0 Å². The van der Waals surface area contributed by atoms with E-state index in [-0.39, 0.29) is 12.1 Å². The van der Waals surface area contributed by atoms with Crippen molar-refractivity contribution in [2.24, 2.45) is 0 Å². The van der Waals surface area contributed by atoms with E-state index in [2.05, 4.69) is 52.1 Å². The number of hydrogen-bond donors (Lipinski definition) is 2. The second kappa shape index (κ2) is 5.65. The fourth-order valence-corrected chi connectivity index (χ4v) is 2.08. The average molecular weight is 235 g/mol. The Hall–Kier alpha value is -0.860. The van der Waals surface area contributed by atoms with E-state index in [0.29, 0.717) is 0 Å². The van der Waals surface area contributed by atoms with Crippen molar-refractivity contribution >= 4 is 0 Å². The lowest BCUT2D eigenvalue weighted by molar-refractivity contribution is 0.169. The normalized spacial score (nSPS) is 14.7. The smallest absolute Gasteiger partial charge is 0.0610 e. The Morgan fingerprint density at radius 2 is 1.71 bits per heavy atom. The average Bonchev–Trinajstić information content (AvgIpc) is 2.27. The summed E-state index contributed by atoms with van der Waals surface area (Å²) >= 11 is 0. The van der Waals surface area contributed by atoms with Gasteiger partial charge in [0.25, 0.3) is 0 Å². The van der Waals surface area contributed by atoms with Crippen LogP contribution in [0.3, 0.4) is 0 Å². The second-order valence-electron chi connectivity index (χ2n) is 5.30. The van der Waals surface area contributed by atoms with Crippen LogP contribution in [0.15, 0.2) is 12.1 Å². The van der Waals surface area contributed by atoms with Gasteiger partial charge < -0.3 is 10.4 Å². The standard InChI is InChI=1S/C15H25NO/c1-6-15(5,10-17)16-9-14-12(3)7-11(2)8-13(14)4/h7-8,16-17H,6,9-10H2,1-5H3. The van der Waals surface area contributed by atoms with Gasteiger partial charge in [-0.15, -0.1) is 0 Å². The van der Waals surface area contributed by atoms with Crippen LogP contribution in [0.25, 0.3) is 0 Å². The van der Waals surface area contributed by atoms with Gasteiger partial charge in [-0.3, -0.25) is 0 Å². The van der Waals surface area contributed by atoms with Gasteiger partial charge in [0.05, 0.1) is 6.61 Å². The monoisotopic (exact) mass is 235 g/mol. The second-order valence-corrected chi connectivity index (χ2v) is 5.30. The molecule has 1 atom stereocenters. The Morgan fingerprint density at radius 3 is 2.12 bits per heavy atom. The summed E-state index contributed by atoms with van der Waals surface area (Å²) in [6, 6.07) is 4.43. The molecular formula is C15H25NO. The molecule has 2 nitrogen and oxygen atoms in total. The van der Waals surface area contributed by atoms with E-state index < -0.39 is 0 Å². The maximum atomic E-state index is 9.38. The molecule has 2 heteroatoms. The van der Waals surface area contributed by atoms with Gasteiger partial charge in [0.2, 0.25) is 0 Å². The molecule has 0 radical (unpaired) electrons. The molecule has 0 bridgehead atoms. The Labute approximate surface area is 105 Å². The van der Waals surface area contributed by atoms with Crippen molar-refractivity contribution in [2.45, 2.75) is 53.1 Å². The topological polar surface area (TPSA) is 32.3 Å². The molecule has 0 amide bonds. The first-order chi connectivity index (χ1) is 7.91. The predicted octanol–water partition coefficient (Wildman–Crippen LogP) is 2.86. The van der Waals surface area contributed by atoms with Gasteiger partial charge in [-0.1, -0.05) is 24.6 Å². The molecule has 0 fully saturated rings. The number of nitrogens with one attached hydrogen (secondary N) is 1. The molecule has 0 aliphatic heterocycles. The number of aliphatic hydroxyl groups excluding tert-OH is 1. The summed E-state index contributed by atoms with van der Waals surface area (Å²) in [4.78, 5) is 0. The molecule has 0 saturated carbocycles. The van der Waals surface area contributed by atoms with Crippen LogP contribution in [0.2, 0.25) is 0 Å². The van der Waals surface area contributed by atoms with Gasteiger partial charge in [0.1, 0.15) is 0 Å². The molecule has 1 rings (SSSR count). The lowest BCUT2D eigenvalue weighted by Gasteiger charge is -2.28. The molecule has 0 spiro atoms. The molecule has 0 aromatic heterocycles. The highest BCUT2D eigenvalue weighted by Gasteiger charge is 2.20. The third-order valence-corrected chi connectivity index (χ3v) is 3.66. The molecule has 0 aliphatic carbocycles. The van der Waals surface area contributed by atoms with Gasteiger partial charge in [0, 0.05) is 12.1 Å². The van der Waals surface area contributed by atoms with Gasteiger partial charge in [-0.05, 0) is 50.8 Å². The van der Waals surface area contributed by atoms with Crippen LogP contribution in [-0.2, 0) is 6.54 Å². The molecule has 17 heavy (non-hydrogen) atoms. The van der Waals surface area contributed by atoms with E-state index >= 15 is 0 Å². The highest BCUT2D eigenvalue weighted by atomic mass is 16.3. The number of hydrogen-bond acceptors (Lipinski definition) is 2. The first kappa shape index (κ1) is 14.2. The van der Waals surface area contributed by atoms with E-state index in [1.807, 2.05) is 0 Å². The minimum atomic E-state index is -0.177. The Kier molecular flexibility index (Phi) is 4.72. The third kappa shape index (κ3) is 3.55. The van der Waals surface area contributed by atoms with Gasteiger partial charge in [-0.25, -0.2) is 0 Å². The molecule has 1 unspecified atom stereocenters. The van der Waals surface area contributed by atoms with Crippen molar-refractivity contribution in [3.63, 3.8) is 0 Å². The summed E-state index contributed by atoms with van der Waals surface area (Å²) in [7, 11) is 0. The van der Waals surface area contributed by atoms with Crippen LogP contribution in [0.5, 0.6) is 0 Å². The molecule has 0 saturated heterocycles.